The topological polar surface area (TPSA) is 20.7 Å². The summed E-state index contributed by atoms with van der Waals surface area (Å²) in [6, 6.07) is 111. The van der Waals surface area contributed by atoms with Gasteiger partial charge < -0.3 is 9.55 Å². The van der Waals surface area contributed by atoms with Crippen LogP contribution in [0, 0.1) is 0 Å². The molecule has 0 aliphatic heterocycles. The fourth-order valence-electron chi connectivity index (χ4n) is 16.0. The lowest BCUT2D eigenvalue weighted by molar-refractivity contribution is 1.19. The molecule has 1 N–H and O–H groups in total. The lowest BCUT2D eigenvalue weighted by Crippen LogP contribution is -1.95. The Kier molecular flexibility index (Phi) is 11.7. The van der Waals surface area contributed by atoms with E-state index in [1.807, 2.05) is 22.7 Å². The highest BCUT2D eigenvalue weighted by molar-refractivity contribution is 9.10. The third-order valence-electron chi connectivity index (χ3n) is 19.8. The van der Waals surface area contributed by atoms with Gasteiger partial charge in [0.25, 0.3) is 0 Å². The number of halogens is 1. The molecule has 0 radical (unpaired) electrons. The first kappa shape index (κ1) is 52.8. The molecular weight excluding hydrogens is 1230 g/mol. The summed E-state index contributed by atoms with van der Waals surface area (Å²) in [4.78, 5) is 3.68. The zero-order valence-corrected chi connectivity index (χ0v) is 53.2. The van der Waals surface area contributed by atoms with E-state index in [4.69, 9.17) is 0 Å². The number of rotatable bonds is 3. The van der Waals surface area contributed by atoms with Gasteiger partial charge in [-0.15, -0.1) is 22.7 Å². The Balaban J connectivity index is 0.000000107. The van der Waals surface area contributed by atoms with Crippen molar-refractivity contribution in [1.82, 2.24) is 9.55 Å². The summed E-state index contributed by atoms with van der Waals surface area (Å²) in [6.45, 7) is 0. The van der Waals surface area contributed by atoms with Gasteiger partial charge in [-0.2, -0.15) is 0 Å². The number of benzene rings is 16. The quantitative estimate of drug-likeness (QED) is 0.182. The van der Waals surface area contributed by atoms with Crippen LogP contribution in [-0.2, 0) is 0 Å². The van der Waals surface area contributed by atoms with Gasteiger partial charge in [0.15, 0.2) is 0 Å². The molecule has 0 atom stereocenters. The summed E-state index contributed by atoms with van der Waals surface area (Å²) in [7, 11) is 0. The number of hydrogen-bond donors (Lipinski definition) is 1. The van der Waals surface area contributed by atoms with Gasteiger partial charge >= 0.3 is 0 Å². The lowest BCUT2D eigenvalue weighted by Gasteiger charge is -2.14. The molecule has 2 aliphatic rings. The van der Waals surface area contributed by atoms with Crippen LogP contribution in [0.5, 0.6) is 0 Å². The molecule has 20 aromatic rings. The van der Waals surface area contributed by atoms with Gasteiger partial charge in [-0.25, -0.2) is 0 Å². The van der Waals surface area contributed by atoms with Crippen LogP contribution in [0.15, 0.2) is 308 Å². The van der Waals surface area contributed by atoms with E-state index < -0.39 is 0 Å². The molecule has 2 aliphatic carbocycles. The Morgan fingerprint density at radius 1 is 0.269 bits per heavy atom. The van der Waals surface area contributed by atoms with Crippen LogP contribution in [0.4, 0.5) is 0 Å². The highest BCUT2D eigenvalue weighted by atomic mass is 79.9. The molecule has 0 amide bonds. The number of aromatic nitrogens is 2. The fraction of sp³-hybridized carbons (Fsp3) is 0. The molecule has 0 saturated heterocycles. The third kappa shape index (κ3) is 7.79. The van der Waals surface area contributed by atoms with Crippen LogP contribution in [0.2, 0.25) is 0 Å². The largest absolute Gasteiger partial charge is 0.353 e. The van der Waals surface area contributed by atoms with Crippen molar-refractivity contribution in [3.05, 3.63) is 308 Å². The molecule has 2 nitrogen and oxygen atoms in total. The normalized spacial score (nSPS) is 12.1. The van der Waals surface area contributed by atoms with Gasteiger partial charge in [-0.1, -0.05) is 271 Å². The van der Waals surface area contributed by atoms with E-state index in [0.29, 0.717) is 0 Å². The van der Waals surface area contributed by atoms with Crippen molar-refractivity contribution in [1.29, 1.82) is 0 Å². The van der Waals surface area contributed by atoms with Gasteiger partial charge in [0.05, 0.1) is 25.9 Å². The molecule has 0 bridgehead atoms. The Hall–Kier alpha value is -10.9. The summed E-state index contributed by atoms with van der Waals surface area (Å²) in [5.41, 5.74) is 22.0. The predicted octanol–water partition coefficient (Wildman–Crippen LogP) is 26.5. The van der Waals surface area contributed by atoms with E-state index in [2.05, 4.69) is 329 Å². The summed E-state index contributed by atoms with van der Waals surface area (Å²) in [5, 5.41) is 21.4. The number of aromatic amines is 1. The van der Waals surface area contributed by atoms with Gasteiger partial charge in [0.2, 0.25) is 0 Å². The second kappa shape index (κ2) is 20.5. The SMILES string of the molecule is Brc1cccc(-c2ccc3c4c(cccc24)-c2ccccc2-3)c1.c1cc(-c2ccc3c4c(cccc24)-c2ccccc2-3)cc(-n2c3ccccc3c3c4ccccc4c4c5ccccc5sc4c32)c1.c1ccc2c(c1)[nH]c1c3sc4ccccc4c3c3ccccc3c21. The molecule has 4 heterocycles. The van der Waals surface area contributed by atoms with E-state index in [0.717, 1.165) is 4.47 Å². The minimum atomic E-state index is 1.11. The number of nitrogens with one attached hydrogen (secondary N) is 1. The number of para-hydroxylation sites is 2. The van der Waals surface area contributed by atoms with Crippen molar-refractivity contribution < 1.29 is 0 Å². The predicted molar refractivity (Wildman–Crippen MR) is 406 cm³/mol. The average molecular weight is 1280 g/mol. The van der Waals surface area contributed by atoms with Crippen molar-refractivity contribution in [3.63, 3.8) is 0 Å². The minimum absolute atomic E-state index is 1.11. The Labute approximate surface area is 551 Å². The first-order valence-corrected chi connectivity index (χ1v) is 34.2. The van der Waals surface area contributed by atoms with Gasteiger partial charge in [0.1, 0.15) is 0 Å². The van der Waals surface area contributed by atoms with Crippen molar-refractivity contribution in [2.75, 3.05) is 0 Å². The maximum Gasteiger partial charge on any atom is 0.0726 e. The summed E-state index contributed by atoms with van der Waals surface area (Å²) < 4.78 is 9.02. The van der Waals surface area contributed by atoms with Crippen LogP contribution in [-0.4, -0.2) is 9.55 Å². The van der Waals surface area contributed by atoms with Crippen molar-refractivity contribution in [2.45, 2.75) is 0 Å². The highest BCUT2D eigenvalue weighted by Crippen LogP contribution is 2.53. The van der Waals surface area contributed by atoms with Crippen molar-refractivity contribution in [3.8, 4) is 72.4 Å². The van der Waals surface area contributed by atoms with E-state index in [-0.39, 0.29) is 0 Å². The Bertz CT molecular complexity index is 6420. The molecule has 0 saturated carbocycles. The second-order valence-electron chi connectivity index (χ2n) is 24.6. The number of thiophene rings is 2. The average Bonchev–Trinajstić information content (AvgIpc) is 1.57. The van der Waals surface area contributed by atoms with Crippen molar-refractivity contribution in [2.24, 2.45) is 0 Å². The van der Waals surface area contributed by atoms with E-state index in [1.165, 1.54) is 199 Å². The first-order valence-electron chi connectivity index (χ1n) is 31.7. The zero-order chi connectivity index (χ0) is 61.0. The third-order valence-corrected chi connectivity index (χ3v) is 22.7. The van der Waals surface area contributed by atoms with Crippen LogP contribution in [0.3, 0.4) is 0 Å². The summed E-state index contributed by atoms with van der Waals surface area (Å²) >= 11 is 7.39. The molecule has 4 aromatic heterocycles. The van der Waals surface area contributed by atoms with E-state index in [1.54, 1.807) is 0 Å². The highest BCUT2D eigenvalue weighted by Gasteiger charge is 2.26. The van der Waals surface area contributed by atoms with Crippen LogP contribution >= 0.6 is 38.6 Å². The second-order valence-corrected chi connectivity index (χ2v) is 27.6. The summed E-state index contributed by atoms with van der Waals surface area (Å²) in [5.74, 6) is 0. The standard InChI is InChI=1S/C44H25NS.C22H13Br.C22H13NS/c1-2-14-30-29(13-1)32-20-10-19-31-28(23-24-35(30)40(31)32)26-11-9-12-27(25-26)45-38-21-7-5-17-36(38)41-33-15-3-4-16-34(33)42-37-18-6-8-22-39(37)46-44(42)43(41)45;23-15-6-3-5-14(13-15)16-11-12-21-18-8-2-1-7-17(18)20-10-4-9-19(16)22(20)21;1-2-8-14-13(7-1)19-15-9-3-5-11-17(15)23-21(19)22-20(14)16-10-4-6-12-18(16)24-22/h1-25H;1-13H;1-12,23H. The Morgan fingerprint density at radius 2 is 0.677 bits per heavy atom. The summed E-state index contributed by atoms with van der Waals surface area (Å²) in [6.07, 6.45) is 0. The van der Waals surface area contributed by atoms with Gasteiger partial charge in [0, 0.05) is 68.2 Å². The molecule has 5 heteroatoms. The van der Waals surface area contributed by atoms with Crippen LogP contribution in [0.1, 0.15) is 0 Å². The smallest absolute Gasteiger partial charge is 0.0726 e. The zero-order valence-electron chi connectivity index (χ0n) is 50.0. The molecule has 432 valence electrons. The minimum Gasteiger partial charge on any atom is -0.353 e. The molecule has 0 unspecified atom stereocenters. The fourth-order valence-corrected chi connectivity index (χ4v) is 18.9. The van der Waals surface area contributed by atoms with E-state index >= 15 is 0 Å². The van der Waals surface area contributed by atoms with Crippen molar-refractivity contribution >= 4 is 166 Å². The first-order chi connectivity index (χ1) is 46.1. The van der Waals surface area contributed by atoms with Gasteiger partial charge in [-0.05, 0) is 158 Å². The molecule has 0 fully saturated rings. The monoisotopic (exact) mass is 1280 g/mol. The van der Waals surface area contributed by atoms with Crippen LogP contribution < -0.4 is 0 Å². The number of nitrogens with zero attached hydrogens (tertiary/aromatic N) is 1. The molecule has 22 rings (SSSR count). The lowest BCUT2D eigenvalue weighted by atomic mass is 9.94. The number of fused-ring (bicyclic) bond motifs is 26. The Morgan fingerprint density at radius 3 is 1.27 bits per heavy atom. The maximum atomic E-state index is 3.68. The number of H-pyrrole nitrogens is 1. The number of hydrogen-bond acceptors (Lipinski definition) is 2. The molecule has 0 spiro atoms. The molecule has 93 heavy (non-hydrogen) atoms. The molecular formula is C88H51BrN2S2. The van der Waals surface area contributed by atoms with Crippen LogP contribution in [0.25, 0.3) is 199 Å². The van der Waals surface area contributed by atoms with E-state index in [9.17, 15) is 0 Å². The van der Waals surface area contributed by atoms with Gasteiger partial charge in [-0.3, -0.25) is 0 Å². The maximum absolute atomic E-state index is 3.68. The molecule has 16 aromatic carbocycles.